The number of aromatic amines is 2. The maximum Gasteiger partial charge on any atom is 0.209 e. The van der Waals surface area contributed by atoms with E-state index in [0.717, 1.165) is 38.8 Å². The zero-order chi connectivity index (χ0) is 19.8. The number of carbonyl (C=O) groups excluding carboxylic acids is 1. The average Bonchev–Trinajstić information content (AvgIpc) is 3.36. The molecule has 29 heavy (non-hydrogen) atoms. The zero-order valence-corrected chi connectivity index (χ0v) is 15.9. The lowest BCUT2D eigenvalue weighted by Gasteiger charge is -2.07. The standard InChI is InChI=1S/C24H19N3O2/c1-15-18-12-17(10-11-21(18)27-26-15)24(28)22-13-19-20(25-22)8-5-9-23(19)29-14-16-6-3-2-4-7-16/h2-13,25H,14H2,1H3,(H,26,27). The Kier molecular flexibility index (Phi) is 4.13. The van der Waals surface area contributed by atoms with Gasteiger partial charge >= 0.3 is 0 Å². The molecular formula is C24H19N3O2. The van der Waals surface area contributed by atoms with Gasteiger partial charge in [-0.25, -0.2) is 0 Å². The minimum absolute atomic E-state index is 0.0577. The van der Waals surface area contributed by atoms with Crippen molar-refractivity contribution in [2.45, 2.75) is 13.5 Å². The van der Waals surface area contributed by atoms with E-state index in [9.17, 15) is 4.79 Å². The first-order chi connectivity index (χ1) is 14.2. The maximum atomic E-state index is 13.1. The fourth-order valence-electron chi connectivity index (χ4n) is 3.55. The number of nitrogens with zero attached hydrogens (tertiary/aromatic N) is 1. The van der Waals surface area contributed by atoms with E-state index in [1.165, 1.54) is 0 Å². The highest BCUT2D eigenvalue weighted by Crippen LogP contribution is 2.28. The number of H-pyrrole nitrogens is 2. The van der Waals surface area contributed by atoms with E-state index in [0.29, 0.717) is 17.9 Å². The summed E-state index contributed by atoms with van der Waals surface area (Å²) in [5, 5.41) is 9.03. The van der Waals surface area contributed by atoms with Crippen LogP contribution >= 0.6 is 0 Å². The second-order valence-corrected chi connectivity index (χ2v) is 7.08. The average molecular weight is 381 g/mol. The van der Waals surface area contributed by atoms with Gasteiger partial charge in [-0.1, -0.05) is 36.4 Å². The van der Waals surface area contributed by atoms with E-state index in [4.69, 9.17) is 4.74 Å². The number of hydrogen-bond donors (Lipinski definition) is 2. The van der Waals surface area contributed by atoms with Gasteiger partial charge in [0.25, 0.3) is 0 Å². The monoisotopic (exact) mass is 381 g/mol. The lowest BCUT2D eigenvalue weighted by Crippen LogP contribution is -2.01. The van der Waals surface area contributed by atoms with Gasteiger partial charge in [0.05, 0.1) is 11.2 Å². The molecule has 0 atom stereocenters. The molecule has 0 unspecified atom stereocenters. The first kappa shape index (κ1) is 17.3. The number of nitrogens with one attached hydrogen (secondary N) is 2. The fraction of sp³-hybridized carbons (Fsp3) is 0.0833. The van der Waals surface area contributed by atoms with Gasteiger partial charge in [0.1, 0.15) is 12.4 Å². The lowest BCUT2D eigenvalue weighted by molar-refractivity contribution is 0.103. The third-order valence-corrected chi connectivity index (χ3v) is 5.11. The van der Waals surface area contributed by atoms with Crippen LogP contribution in [-0.4, -0.2) is 21.0 Å². The molecule has 0 saturated heterocycles. The van der Waals surface area contributed by atoms with Gasteiger partial charge in [0.15, 0.2) is 0 Å². The summed E-state index contributed by atoms with van der Waals surface area (Å²) in [6, 6.07) is 23.2. The Hall–Kier alpha value is -3.86. The van der Waals surface area contributed by atoms with Crippen LogP contribution in [0.25, 0.3) is 21.8 Å². The van der Waals surface area contributed by atoms with E-state index in [1.54, 1.807) is 0 Å². The Morgan fingerprint density at radius 1 is 0.966 bits per heavy atom. The molecule has 142 valence electrons. The van der Waals surface area contributed by atoms with Gasteiger partial charge in [-0.2, -0.15) is 5.10 Å². The van der Waals surface area contributed by atoms with Crippen LogP contribution in [0.2, 0.25) is 0 Å². The lowest BCUT2D eigenvalue weighted by atomic mass is 10.1. The smallest absolute Gasteiger partial charge is 0.209 e. The number of ketones is 1. The Bertz CT molecular complexity index is 1330. The molecule has 0 spiro atoms. The van der Waals surface area contributed by atoms with Gasteiger partial charge in [-0.05, 0) is 48.9 Å². The van der Waals surface area contributed by atoms with Gasteiger partial charge in [-0.15, -0.1) is 0 Å². The van der Waals surface area contributed by atoms with Crippen LogP contribution in [0.5, 0.6) is 5.75 Å². The highest BCUT2D eigenvalue weighted by Gasteiger charge is 2.15. The van der Waals surface area contributed by atoms with Crippen LogP contribution in [0.3, 0.4) is 0 Å². The normalized spacial score (nSPS) is 11.2. The van der Waals surface area contributed by atoms with Gasteiger partial charge in [0, 0.05) is 27.5 Å². The highest BCUT2D eigenvalue weighted by molar-refractivity contribution is 6.12. The SMILES string of the molecule is Cc1[nH]nc2ccc(C(=O)c3cc4c(OCc5ccccc5)cccc4[nH]3)cc12. The van der Waals surface area contributed by atoms with Crippen molar-refractivity contribution < 1.29 is 9.53 Å². The topological polar surface area (TPSA) is 70.8 Å². The minimum Gasteiger partial charge on any atom is -0.488 e. The van der Waals surface area contributed by atoms with Crippen molar-refractivity contribution in [1.29, 1.82) is 0 Å². The number of carbonyl (C=O) groups is 1. The van der Waals surface area contributed by atoms with Crippen LogP contribution in [0, 0.1) is 6.92 Å². The van der Waals surface area contributed by atoms with Crippen LogP contribution in [-0.2, 0) is 6.61 Å². The van der Waals surface area contributed by atoms with Crippen molar-refractivity contribution in [3.63, 3.8) is 0 Å². The van der Waals surface area contributed by atoms with Gasteiger partial charge < -0.3 is 9.72 Å². The molecule has 2 aromatic heterocycles. The molecule has 0 aliphatic rings. The van der Waals surface area contributed by atoms with E-state index >= 15 is 0 Å². The Balaban J connectivity index is 1.47. The quantitative estimate of drug-likeness (QED) is 0.413. The van der Waals surface area contributed by atoms with Crippen molar-refractivity contribution in [1.82, 2.24) is 15.2 Å². The molecular weight excluding hydrogens is 362 g/mol. The molecule has 2 heterocycles. The Morgan fingerprint density at radius 2 is 1.83 bits per heavy atom. The third-order valence-electron chi connectivity index (χ3n) is 5.11. The maximum absolute atomic E-state index is 13.1. The van der Waals surface area contributed by atoms with Gasteiger partial charge in [0.2, 0.25) is 5.78 Å². The first-order valence-corrected chi connectivity index (χ1v) is 9.47. The molecule has 0 fully saturated rings. The van der Waals surface area contributed by atoms with Crippen molar-refractivity contribution in [3.05, 3.63) is 95.3 Å². The van der Waals surface area contributed by atoms with Crippen LogP contribution in [0.4, 0.5) is 0 Å². The number of hydrogen-bond acceptors (Lipinski definition) is 3. The molecule has 0 aliphatic carbocycles. The molecule has 3 aromatic carbocycles. The number of fused-ring (bicyclic) bond motifs is 2. The Labute approximate surface area is 167 Å². The molecule has 0 radical (unpaired) electrons. The third kappa shape index (κ3) is 3.17. The number of benzene rings is 3. The van der Waals surface area contributed by atoms with Gasteiger partial charge in [-0.3, -0.25) is 9.89 Å². The number of aryl methyl sites for hydroxylation is 1. The fourth-order valence-corrected chi connectivity index (χ4v) is 3.55. The van der Waals surface area contributed by atoms with Crippen LogP contribution in [0.1, 0.15) is 27.3 Å². The summed E-state index contributed by atoms with van der Waals surface area (Å²) >= 11 is 0. The number of aromatic nitrogens is 3. The summed E-state index contributed by atoms with van der Waals surface area (Å²) in [6.45, 7) is 2.42. The summed E-state index contributed by atoms with van der Waals surface area (Å²) in [5.41, 5.74) is 4.94. The summed E-state index contributed by atoms with van der Waals surface area (Å²) < 4.78 is 6.02. The molecule has 5 aromatic rings. The minimum atomic E-state index is -0.0577. The van der Waals surface area contributed by atoms with E-state index in [2.05, 4.69) is 15.2 Å². The summed E-state index contributed by atoms with van der Waals surface area (Å²) in [4.78, 5) is 16.3. The second-order valence-electron chi connectivity index (χ2n) is 7.08. The summed E-state index contributed by atoms with van der Waals surface area (Å²) in [7, 11) is 0. The predicted molar refractivity (Wildman–Crippen MR) is 113 cm³/mol. The van der Waals surface area contributed by atoms with Crippen molar-refractivity contribution in [2.75, 3.05) is 0 Å². The molecule has 0 bridgehead atoms. The van der Waals surface area contributed by atoms with E-state index < -0.39 is 0 Å². The molecule has 0 aliphatic heterocycles. The van der Waals surface area contributed by atoms with Crippen LogP contribution in [0.15, 0.2) is 72.8 Å². The summed E-state index contributed by atoms with van der Waals surface area (Å²) in [5.74, 6) is 0.695. The first-order valence-electron chi connectivity index (χ1n) is 9.47. The molecule has 0 amide bonds. The van der Waals surface area contributed by atoms with Crippen molar-refractivity contribution in [2.24, 2.45) is 0 Å². The van der Waals surface area contributed by atoms with E-state index in [1.807, 2.05) is 79.7 Å². The molecule has 5 heteroatoms. The largest absolute Gasteiger partial charge is 0.488 e. The van der Waals surface area contributed by atoms with Crippen molar-refractivity contribution in [3.8, 4) is 5.75 Å². The predicted octanol–water partition coefficient (Wildman–Crippen LogP) is 5.16. The van der Waals surface area contributed by atoms with Crippen LogP contribution < -0.4 is 4.74 Å². The summed E-state index contributed by atoms with van der Waals surface area (Å²) in [6.07, 6.45) is 0. The number of rotatable bonds is 5. The molecule has 0 saturated carbocycles. The molecule has 5 rings (SSSR count). The Morgan fingerprint density at radius 3 is 2.69 bits per heavy atom. The molecule has 2 N–H and O–H groups in total. The molecule has 5 nitrogen and oxygen atoms in total. The second kappa shape index (κ2) is 6.95. The van der Waals surface area contributed by atoms with Crippen molar-refractivity contribution >= 4 is 27.6 Å². The number of ether oxygens (including phenoxy) is 1. The van der Waals surface area contributed by atoms with E-state index in [-0.39, 0.29) is 5.78 Å². The zero-order valence-electron chi connectivity index (χ0n) is 15.9. The highest BCUT2D eigenvalue weighted by atomic mass is 16.5.